The summed E-state index contributed by atoms with van der Waals surface area (Å²) in [4.78, 5) is 0. The van der Waals surface area contributed by atoms with Gasteiger partial charge < -0.3 is 0 Å². The van der Waals surface area contributed by atoms with E-state index in [0.717, 1.165) is 10.9 Å². The fourth-order valence-electron chi connectivity index (χ4n) is 1.05. The van der Waals surface area contributed by atoms with E-state index in [1.807, 2.05) is 24.3 Å². The van der Waals surface area contributed by atoms with Crippen LogP contribution in [0.4, 0.5) is 3.89 Å². The summed E-state index contributed by atoms with van der Waals surface area (Å²) in [6.45, 7) is 0. The number of hydrogen-bond acceptors (Lipinski definition) is 2. The maximum Gasteiger partial charge on any atom is 0.188 e. The molecule has 0 saturated heterocycles. The van der Waals surface area contributed by atoms with Gasteiger partial charge in [0.2, 0.25) is 0 Å². The molecule has 0 spiro atoms. The van der Waals surface area contributed by atoms with Crippen LogP contribution in [0.25, 0.3) is 10.9 Å². The smallest absolute Gasteiger partial charge is 0.175 e. The number of para-hydroxylation sites is 1. The monoisotopic (exact) mass is 246 g/mol. The second-order valence-corrected chi connectivity index (χ2v) is 3.48. The van der Waals surface area contributed by atoms with E-state index in [1.165, 1.54) is 4.09 Å². The van der Waals surface area contributed by atoms with E-state index in [0.29, 0.717) is 4.60 Å². The van der Waals surface area contributed by atoms with Gasteiger partial charge in [0.05, 0.1) is 5.52 Å². The third-order valence-corrected chi connectivity index (χ3v) is 2.57. The first-order valence-electron chi connectivity index (χ1n) is 3.25. The highest BCUT2D eigenvalue weighted by Crippen LogP contribution is 2.25. The summed E-state index contributed by atoms with van der Waals surface area (Å²) in [5, 5.41) is 4.85. The van der Waals surface area contributed by atoms with Gasteiger partial charge in [-0.3, -0.25) is 0 Å². The molecule has 5 heteroatoms. The fraction of sp³-hybridized carbons (Fsp3) is 0. The summed E-state index contributed by atoms with van der Waals surface area (Å²) in [7, 11) is 0. The van der Waals surface area contributed by atoms with Crippen molar-refractivity contribution < 1.29 is 3.89 Å². The van der Waals surface area contributed by atoms with Crippen molar-refractivity contribution >= 4 is 39.2 Å². The van der Waals surface area contributed by atoms with Crippen molar-refractivity contribution in [1.82, 2.24) is 9.19 Å². The van der Waals surface area contributed by atoms with Crippen molar-refractivity contribution in [2.45, 2.75) is 0 Å². The molecular formula is C7H4BrFN2S. The normalized spacial score (nSPS) is 10.8. The van der Waals surface area contributed by atoms with Crippen LogP contribution >= 0.6 is 28.3 Å². The molecule has 2 nitrogen and oxygen atoms in total. The number of halogens is 2. The second-order valence-electron chi connectivity index (χ2n) is 2.25. The lowest BCUT2D eigenvalue weighted by Gasteiger charge is -1.90. The molecule has 1 aromatic carbocycles. The first-order valence-corrected chi connectivity index (χ1v) is 4.72. The predicted molar refractivity (Wildman–Crippen MR) is 51.5 cm³/mol. The summed E-state index contributed by atoms with van der Waals surface area (Å²) >= 11 is 3.34. The Morgan fingerprint density at radius 1 is 1.42 bits per heavy atom. The third kappa shape index (κ3) is 1.13. The zero-order valence-corrected chi connectivity index (χ0v) is 8.27. The Labute approximate surface area is 81.3 Å². The van der Waals surface area contributed by atoms with Crippen molar-refractivity contribution in [2.24, 2.45) is 0 Å². The Morgan fingerprint density at radius 2 is 2.17 bits per heavy atom. The van der Waals surface area contributed by atoms with Crippen LogP contribution in [-0.2, 0) is 0 Å². The number of rotatable bonds is 1. The number of aromatic nitrogens is 2. The molecule has 0 amide bonds. The SMILES string of the molecule is FSn1nc(Br)c2ccccc21. The minimum absolute atomic E-state index is 0.0947. The molecule has 0 unspecified atom stereocenters. The zero-order valence-electron chi connectivity index (χ0n) is 5.87. The molecule has 62 valence electrons. The van der Waals surface area contributed by atoms with Gasteiger partial charge in [-0.1, -0.05) is 12.1 Å². The van der Waals surface area contributed by atoms with Crippen molar-refractivity contribution in [2.75, 3.05) is 0 Å². The standard InChI is InChI=1S/C7H4BrFN2S/c8-7-5-3-1-2-4-6(5)11(10-7)12-9/h1-4H. The molecule has 1 aromatic heterocycles. The van der Waals surface area contributed by atoms with Crippen LogP contribution in [0, 0.1) is 0 Å². The molecule has 0 aliphatic carbocycles. The van der Waals surface area contributed by atoms with E-state index in [4.69, 9.17) is 0 Å². The van der Waals surface area contributed by atoms with E-state index in [-0.39, 0.29) is 12.3 Å². The lowest BCUT2D eigenvalue weighted by molar-refractivity contribution is 0.885. The van der Waals surface area contributed by atoms with Gasteiger partial charge in [-0.15, -0.1) is 3.89 Å². The minimum Gasteiger partial charge on any atom is -0.175 e. The van der Waals surface area contributed by atoms with Crippen LogP contribution in [0.5, 0.6) is 0 Å². The Kier molecular flexibility index (Phi) is 2.06. The summed E-state index contributed by atoms with van der Waals surface area (Å²) < 4.78 is 14.2. The fourth-order valence-corrected chi connectivity index (χ4v) is 2.00. The first kappa shape index (κ1) is 8.07. The molecule has 12 heavy (non-hydrogen) atoms. The lowest BCUT2D eigenvalue weighted by Crippen LogP contribution is -1.83. The summed E-state index contributed by atoms with van der Waals surface area (Å²) in [6.07, 6.45) is 0. The van der Waals surface area contributed by atoms with E-state index >= 15 is 0 Å². The van der Waals surface area contributed by atoms with Crippen molar-refractivity contribution in [3.63, 3.8) is 0 Å². The Morgan fingerprint density at radius 3 is 2.92 bits per heavy atom. The molecule has 0 radical (unpaired) electrons. The number of benzene rings is 1. The average molecular weight is 247 g/mol. The van der Waals surface area contributed by atoms with Gasteiger partial charge in [-0.05, 0) is 28.1 Å². The van der Waals surface area contributed by atoms with E-state index in [1.54, 1.807) is 0 Å². The molecule has 2 rings (SSSR count). The first-order chi connectivity index (χ1) is 5.83. The maximum atomic E-state index is 12.3. The molecule has 0 bridgehead atoms. The van der Waals surface area contributed by atoms with Gasteiger partial charge in [0.15, 0.2) is 12.3 Å². The molecular weight excluding hydrogens is 243 g/mol. The summed E-state index contributed by atoms with van der Waals surface area (Å²) in [5.41, 5.74) is 0.775. The molecule has 0 aliphatic heterocycles. The van der Waals surface area contributed by atoms with Crippen molar-refractivity contribution in [1.29, 1.82) is 0 Å². The van der Waals surface area contributed by atoms with Gasteiger partial charge in [0.1, 0.15) is 4.60 Å². The highest BCUT2D eigenvalue weighted by molar-refractivity contribution is 9.10. The van der Waals surface area contributed by atoms with Crippen LogP contribution in [0.3, 0.4) is 0 Å². The average Bonchev–Trinajstić information content (AvgIpc) is 2.44. The molecule has 0 saturated carbocycles. The maximum absolute atomic E-state index is 12.3. The summed E-state index contributed by atoms with van der Waals surface area (Å²) in [6, 6.07) is 7.45. The second kappa shape index (κ2) is 3.06. The van der Waals surface area contributed by atoms with Crippen LogP contribution in [0.2, 0.25) is 0 Å². The van der Waals surface area contributed by atoms with Crippen LogP contribution in [0.1, 0.15) is 0 Å². The van der Waals surface area contributed by atoms with Gasteiger partial charge in [-0.25, -0.2) is 0 Å². The molecule has 0 fully saturated rings. The van der Waals surface area contributed by atoms with Crippen LogP contribution in [0.15, 0.2) is 28.9 Å². The molecule has 0 atom stereocenters. The largest absolute Gasteiger partial charge is 0.188 e. The Hall–Kier alpha value is -0.550. The van der Waals surface area contributed by atoms with Crippen molar-refractivity contribution in [3.8, 4) is 0 Å². The molecule has 0 aliphatic rings. The minimum atomic E-state index is 0.0947. The van der Waals surface area contributed by atoms with Crippen LogP contribution < -0.4 is 0 Å². The van der Waals surface area contributed by atoms with Gasteiger partial charge in [-0.2, -0.15) is 9.19 Å². The summed E-state index contributed by atoms with van der Waals surface area (Å²) in [5.74, 6) is 0. The molecule has 1 heterocycles. The number of hydrogen-bond donors (Lipinski definition) is 0. The highest BCUT2D eigenvalue weighted by atomic mass is 79.9. The highest BCUT2D eigenvalue weighted by Gasteiger charge is 2.06. The molecule has 0 N–H and O–H groups in total. The Bertz CT molecular complexity index is 415. The molecule has 2 aromatic rings. The quantitative estimate of drug-likeness (QED) is 0.770. The predicted octanol–water partition coefficient (Wildman–Crippen LogP) is 3.18. The van der Waals surface area contributed by atoms with Gasteiger partial charge in [0, 0.05) is 5.39 Å². The van der Waals surface area contributed by atoms with E-state index in [2.05, 4.69) is 21.0 Å². The van der Waals surface area contributed by atoms with Crippen molar-refractivity contribution in [3.05, 3.63) is 28.9 Å². The Balaban J connectivity index is 2.82. The van der Waals surface area contributed by atoms with E-state index < -0.39 is 0 Å². The van der Waals surface area contributed by atoms with Gasteiger partial charge >= 0.3 is 0 Å². The lowest BCUT2D eigenvalue weighted by atomic mass is 10.3. The zero-order chi connectivity index (χ0) is 8.55. The van der Waals surface area contributed by atoms with Crippen LogP contribution in [-0.4, -0.2) is 9.19 Å². The topological polar surface area (TPSA) is 17.8 Å². The third-order valence-electron chi connectivity index (χ3n) is 1.58. The van der Waals surface area contributed by atoms with Gasteiger partial charge in [0.25, 0.3) is 0 Å². The van der Waals surface area contributed by atoms with E-state index in [9.17, 15) is 3.89 Å². The number of nitrogens with zero attached hydrogens (tertiary/aromatic N) is 2. The number of fused-ring (bicyclic) bond motifs is 1.